The van der Waals surface area contributed by atoms with Gasteiger partial charge in [-0.15, -0.1) is 0 Å². The molecule has 10 heteroatoms. The Balaban J connectivity index is 1.61. The van der Waals surface area contributed by atoms with Crippen LogP contribution in [0.1, 0.15) is 18.1 Å². The van der Waals surface area contributed by atoms with Crippen LogP contribution in [0, 0.1) is 5.82 Å². The highest BCUT2D eigenvalue weighted by molar-refractivity contribution is 9.10. The van der Waals surface area contributed by atoms with Crippen LogP contribution in [0.3, 0.4) is 0 Å². The molecule has 0 atom stereocenters. The number of amides is 1. The third kappa shape index (κ3) is 6.01. The number of nitrogens with zero attached hydrogens (tertiary/aromatic N) is 1. The van der Waals surface area contributed by atoms with E-state index in [0.717, 1.165) is 11.1 Å². The number of carbonyl (C=O) groups is 1. The number of rotatable bonds is 7. The monoisotopic (exact) mass is 611 g/mol. The first kappa shape index (κ1) is 26.0. The van der Waals surface area contributed by atoms with E-state index in [9.17, 15) is 9.18 Å². The second-order valence-electron chi connectivity index (χ2n) is 7.29. The first-order valence-corrected chi connectivity index (χ1v) is 13.1. The van der Waals surface area contributed by atoms with Crippen molar-refractivity contribution in [2.24, 2.45) is 0 Å². The summed E-state index contributed by atoms with van der Waals surface area (Å²) < 4.78 is 26.0. The summed E-state index contributed by atoms with van der Waals surface area (Å²) in [6.45, 7) is 2.52. The summed E-state index contributed by atoms with van der Waals surface area (Å²) in [7, 11) is 0. The quantitative estimate of drug-likeness (QED) is 0.198. The Labute approximate surface area is 230 Å². The molecule has 180 valence electrons. The second-order valence-corrected chi connectivity index (χ2v) is 10.7. The van der Waals surface area contributed by atoms with Gasteiger partial charge in [0.15, 0.2) is 15.8 Å². The first-order chi connectivity index (χ1) is 16.8. The van der Waals surface area contributed by atoms with Gasteiger partial charge in [0.2, 0.25) is 0 Å². The number of anilines is 1. The minimum Gasteiger partial charge on any atom is -0.490 e. The SMILES string of the molecule is CCOc1cc(/C=C2/SC(=S)N(c3ccc(Cl)cc3Cl)C2=O)cc(Br)c1OCc1ccc(F)cc1. The van der Waals surface area contributed by atoms with E-state index in [1.165, 1.54) is 28.8 Å². The molecule has 0 aromatic heterocycles. The van der Waals surface area contributed by atoms with Gasteiger partial charge in [0.05, 0.1) is 26.7 Å². The molecule has 4 rings (SSSR count). The molecule has 4 nitrogen and oxygen atoms in total. The topological polar surface area (TPSA) is 38.8 Å². The highest BCUT2D eigenvalue weighted by Gasteiger charge is 2.34. The Morgan fingerprint density at radius 2 is 1.86 bits per heavy atom. The molecular formula is C25H17BrCl2FNO3S2. The zero-order valence-corrected chi connectivity index (χ0v) is 22.9. The van der Waals surface area contributed by atoms with Crippen LogP contribution in [0.4, 0.5) is 10.1 Å². The summed E-state index contributed by atoms with van der Waals surface area (Å²) in [5, 5.41) is 0.800. The molecule has 3 aromatic carbocycles. The van der Waals surface area contributed by atoms with Crippen molar-refractivity contribution in [1.29, 1.82) is 0 Å². The first-order valence-electron chi connectivity index (χ1n) is 10.3. The lowest BCUT2D eigenvalue weighted by Crippen LogP contribution is -2.27. The van der Waals surface area contributed by atoms with Crippen LogP contribution in [0.2, 0.25) is 10.0 Å². The van der Waals surface area contributed by atoms with Crippen LogP contribution in [0.5, 0.6) is 11.5 Å². The molecule has 0 N–H and O–H groups in total. The van der Waals surface area contributed by atoms with Crippen LogP contribution in [0.25, 0.3) is 6.08 Å². The third-order valence-electron chi connectivity index (χ3n) is 4.87. The fourth-order valence-electron chi connectivity index (χ4n) is 3.30. The zero-order chi connectivity index (χ0) is 25.1. The summed E-state index contributed by atoms with van der Waals surface area (Å²) in [5.41, 5.74) is 2.01. The Morgan fingerprint density at radius 3 is 2.54 bits per heavy atom. The normalized spacial score (nSPS) is 14.7. The molecule has 0 spiro atoms. The van der Waals surface area contributed by atoms with Gasteiger partial charge in [-0.3, -0.25) is 9.69 Å². The fourth-order valence-corrected chi connectivity index (χ4v) is 5.65. The molecule has 35 heavy (non-hydrogen) atoms. The van der Waals surface area contributed by atoms with Gasteiger partial charge in [0.1, 0.15) is 12.4 Å². The summed E-state index contributed by atoms with van der Waals surface area (Å²) in [6, 6.07) is 14.6. The number of hydrogen-bond donors (Lipinski definition) is 0. The molecule has 0 aliphatic carbocycles. The smallest absolute Gasteiger partial charge is 0.270 e. The van der Waals surface area contributed by atoms with E-state index in [-0.39, 0.29) is 18.3 Å². The second kappa shape index (κ2) is 11.3. The summed E-state index contributed by atoms with van der Waals surface area (Å²) in [6.07, 6.45) is 1.74. The van der Waals surface area contributed by atoms with E-state index >= 15 is 0 Å². The Morgan fingerprint density at radius 1 is 1.11 bits per heavy atom. The predicted molar refractivity (Wildman–Crippen MR) is 148 cm³/mol. The molecule has 0 unspecified atom stereocenters. The van der Waals surface area contributed by atoms with Crippen molar-refractivity contribution in [3.63, 3.8) is 0 Å². The number of carbonyl (C=O) groups excluding carboxylic acids is 1. The van der Waals surface area contributed by atoms with Crippen LogP contribution in [-0.4, -0.2) is 16.8 Å². The van der Waals surface area contributed by atoms with Gasteiger partial charge in [-0.1, -0.05) is 59.3 Å². The molecule has 0 radical (unpaired) electrons. The van der Waals surface area contributed by atoms with E-state index in [1.807, 2.05) is 13.0 Å². The number of hydrogen-bond acceptors (Lipinski definition) is 5. The van der Waals surface area contributed by atoms with Crippen molar-refractivity contribution in [1.82, 2.24) is 0 Å². The lowest BCUT2D eigenvalue weighted by atomic mass is 10.1. The van der Waals surface area contributed by atoms with Gasteiger partial charge in [-0.25, -0.2) is 4.39 Å². The van der Waals surface area contributed by atoms with E-state index in [4.69, 9.17) is 44.9 Å². The number of benzene rings is 3. The molecule has 1 saturated heterocycles. The van der Waals surface area contributed by atoms with Gasteiger partial charge in [-0.2, -0.15) is 0 Å². The molecule has 1 amide bonds. The molecule has 1 heterocycles. The Hall–Kier alpha value is -2.10. The number of thioether (sulfide) groups is 1. The molecule has 3 aromatic rings. The predicted octanol–water partition coefficient (Wildman–Crippen LogP) is 8.28. The Kier molecular flexibility index (Phi) is 8.39. The van der Waals surface area contributed by atoms with Crippen molar-refractivity contribution in [2.45, 2.75) is 13.5 Å². The molecule has 0 saturated carbocycles. The van der Waals surface area contributed by atoms with E-state index in [1.54, 1.807) is 42.5 Å². The molecule has 0 bridgehead atoms. The average molecular weight is 613 g/mol. The van der Waals surface area contributed by atoms with Crippen molar-refractivity contribution in [3.8, 4) is 11.5 Å². The molecule has 1 fully saturated rings. The summed E-state index contributed by atoms with van der Waals surface area (Å²) in [5.74, 6) is 0.424. The molecule has 1 aliphatic heterocycles. The third-order valence-corrected chi connectivity index (χ3v) is 7.30. The van der Waals surface area contributed by atoms with Crippen molar-refractivity contribution >= 4 is 85.1 Å². The maximum absolute atomic E-state index is 13.2. The van der Waals surface area contributed by atoms with Gasteiger partial charge in [0.25, 0.3) is 5.91 Å². The average Bonchev–Trinajstić information content (AvgIpc) is 3.07. The maximum Gasteiger partial charge on any atom is 0.270 e. The summed E-state index contributed by atoms with van der Waals surface area (Å²) in [4.78, 5) is 15.0. The number of halogens is 4. The van der Waals surface area contributed by atoms with Crippen LogP contribution < -0.4 is 14.4 Å². The highest BCUT2D eigenvalue weighted by Crippen LogP contribution is 2.42. The van der Waals surface area contributed by atoms with E-state index in [0.29, 0.717) is 47.5 Å². The van der Waals surface area contributed by atoms with E-state index < -0.39 is 0 Å². The largest absolute Gasteiger partial charge is 0.490 e. The minimum absolute atomic E-state index is 0.235. The van der Waals surface area contributed by atoms with Crippen LogP contribution in [-0.2, 0) is 11.4 Å². The van der Waals surface area contributed by atoms with Gasteiger partial charge >= 0.3 is 0 Å². The molecule has 1 aliphatic rings. The minimum atomic E-state index is -0.307. The number of thiocarbonyl (C=S) groups is 1. The molecular weight excluding hydrogens is 596 g/mol. The summed E-state index contributed by atoms with van der Waals surface area (Å²) >= 11 is 22.5. The van der Waals surface area contributed by atoms with Gasteiger partial charge in [-0.05, 0) is 82.5 Å². The van der Waals surface area contributed by atoms with Crippen LogP contribution in [0.15, 0.2) is 64.0 Å². The van der Waals surface area contributed by atoms with Crippen molar-refractivity contribution < 1.29 is 18.7 Å². The van der Waals surface area contributed by atoms with Crippen molar-refractivity contribution in [2.75, 3.05) is 11.5 Å². The van der Waals surface area contributed by atoms with Gasteiger partial charge in [0, 0.05) is 5.02 Å². The van der Waals surface area contributed by atoms with Crippen molar-refractivity contribution in [3.05, 3.63) is 91.0 Å². The van der Waals surface area contributed by atoms with E-state index in [2.05, 4.69) is 15.9 Å². The number of ether oxygens (including phenoxy) is 2. The zero-order valence-electron chi connectivity index (χ0n) is 18.2. The standard InChI is InChI=1S/C25H17BrCl2FNO3S2/c1-2-32-21-10-15(9-18(26)23(21)33-13-14-3-6-17(29)7-4-14)11-22-24(31)30(25(34)35-22)20-8-5-16(27)12-19(20)28/h3-12H,2,13H2,1H3/b22-11+. The van der Waals surface area contributed by atoms with Crippen LogP contribution >= 0.6 is 63.1 Å². The maximum atomic E-state index is 13.2. The highest BCUT2D eigenvalue weighted by atomic mass is 79.9. The van der Waals surface area contributed by atoms with Gasteiger partial charge < -0.3 is 9.47 Å². The fraction of sp³-hybridized carbons (Fsp3) is 0.120. The lowest BCUT2D eigenvalue weighted by Gasteiger charge is -2.16. The lowest BCUT2D eigenvalue weighted by molar-refractivity contribution is -0.113. The Bertz CT molecular complexity index is 1340.